The topological polar surface area (TPSA) is 46.2 Å². The van der Waals surface area contributed by atoms with Gasteiger partial charge in [-0.25, -0.2) is 0 Å². The predicted octanol–water partition coefficient (Wildman–Crippen LogP) is 2.30. The zero-order chi connectivity index (χ0) is 12.1. The lowest BCUT2D eigenvalue weighted by Crippen LogP contribution is -2.42. The van der Waals surface area contributed by atoms with Crippen molar-refractivity contribution in [3.8, 4) is 0 Å². The van der Waals surface area contributed by atoms with E-state index < -0.39 is 0 Å². The molecule has 0 unspecified atom stereocenters. The minimum Gasteiger partial charge on any atom is -0.351 e. The van der Waals surface area contributed by atoms with Crippen LogP contribution in [0.1, 0.15) is 53.9 Å². The van der Waals surface area contributed by atoms with Gasteiger partial charge in [-0.2, -0.15) is 0 Å². The predicted molar refractivity (Wildman–Crippen MR) is 61.6 cm³/mol. The van der Waals surface area contributed by atoms with Gasteiger partial charge in [0.15, 0.2) is 0 Å². The molecule has 1 N–H and O–H groups in total. The lowest BCUT2D eigenvalue weighted by Gasteiger charge is -2.24. The van der Waals surface area contributed by atoms with Gasteiger partial charge in [-0.05, 0) is 20.3 Å². The Kier molecular flexibility index (Phi) is 5.55. The third-order valence-corrected chi connectivity index (χ3v) is 2.60. The van der Waals surface area contributed by atoms with E-state index in [0.29, 0.717) is 12.8 Å². The van der Waals surface area contributed by atoms with Crippen LogP contribution >= 0.6 is 0 Å². The summed E-state index contributed by atoms with van der Waals surface area (Å²) in [6, 6.07) is 0. The Balaban J connectivity index is 3.91. The van der Waals surface area contributed by atoms with Gasteiger partial charge >= 0.3 is 0 Å². The second-order valence-corrected chi connectivity index (χ2v) is 4.91. The molecule has 0 radical (unpaired) electrons. The van der Waals surface area contributed by atoms with E-state index in [1.54, 1.807) is 0 Å². The Hall–Kier alpha value is -0.860. The highest BCUT2D eigenvalue weighted by Gasteiger charge is 2.18. The minimum absolute atomic E-state index is 0.0250. The first-order valence-corrected chi connectivity index (χ1v) is 5.62. The van der Waals surface area contributed by atoms with E-state index in [4.69, 9.17) is 0 Å². The maximum absolute atomic E-state index is 11.5. The Bertz CT molecular complexity index is 232. The highest BCUT2D eigenvalue weighted by molar-refractivity contribution is 5.86. The molecule has 0 aromatic rings. The maximum atomic E-state index is 11.5. The summed E-state index contributed by atoms with van der Waals surface area (Å²) in [6.45, 7) is 9.70. The van der Waals surface area contributed by atoms with Crippen molar-refractivity contribution in [1.82, 2.24) is 5.32 Å². The smallest absolute Gasteiger partial charge is 0.220 e. The fraction of sp³-hybridized carbons (Fsp3) is 0.833. The summed E-state index contributed by atoms with van der Waals surface area (Å²) in [6.07, 6.45) is 1.54. The van der Waals surface area contributed by atoms with Crippen LogP contribution in [0.5, 0.6) is 0 Å². The summed E-state index contributed by atoms with van der Waals surface area (Å²) in [5.41, 5.74) is -0.169. The van der Waals surface area contributed by atoms with Crippen LogP contribution in [-0.4, -0.2) is 17.2 Å². The van der Waals surface area contributed by atoms with E-state index >= 15 is 0 Å². The quantitative estimate of drug-likeness (QED) is 0.736. The third-order valence-electron chi connectivity index (χ3n) is 2.60. The molecule has 0 aromatic carbocycles. The summed E-state index contributed by atoms with van der Waals surface area (Å²) >= 11 is 0. The molecule has 0 aliphatic heterocycles. The molecule has 0 heterocycles. The number of hydrogen-bond donors (Lipinski definition) is 1. The van der Waals surface area contributed by atoms with Crippen LogP contribution in [0.2, 0.25) is 0 Å². The summed E-state index contributed by atoms with van der Waals surface area (Å²) in [5.74, 6) is 0.146. The average molecular weight is 213 g/mol. The number of rotatable bonds is 6. The maximum Gasteiger partial charge on any atom is 0.220 e. The van der Waals surface area contributed by atoms with Crippen molar-refractivity contribution < 1.29 is 9.59 Å². The second kappa shape index (κ2) is 5.89. The largest absolute Gasteiger partial charge is 0.351 e. The van der Waals surface area contributed by atoms with Crippen molar-refractivity contribution in [2.24, 2.45) is 5.92 Å². The zero-order valence-corrected chi connectivity index (χ0v) is 10.5. The molecule has 0 atom stereocenters. The van der Waals surface area contributed by atoms with Gasteiger partial charge < -0.3 is 5.32 Å². The fourth-order valence-electron chi connectivity index (χ4n) is 1.05. The Labute approximate surface area is 92.6 Å². The molecule has 0 saturated carbocycles. The van der Waals surface area contributed by atoms with E-state index in [1.807, 2.05) is 34.6 Å². The fourth-order valence-corrected chi connectivity index (χ4v) is 1.05. The van der Waals surface area contributed by atoms with E-state index in [-0.39, 0.29) is 23.1 Å². The molecule has 0 saturated heterocycles. The van der Waals surface area contributed by atoms with Gasteiger partial charge in [0.2, 0.25) is 5.91 Å². The van der Waals surface area contributed by atoms with Crippen LogP contribution in [0.25, 0.3) is 0 Å². The van der Waals surface area contributed by atoms with Gasteiger partial charge in [0, 0.05) is 24.3 Å². The van der Waals surface area contributed by atoms with Gasteiger partial charge in [0.05, 0.1) is 0 Å². The van der Waals surface area contributed by atoms with Gasteiger partial charge in [0.25, 0.3) is 0 Å². The van der Waals surface area contributed by atoms with Crippen LogP contribution in [0.4, 0.5) is 0 Å². The van der Waals surface area contributed by atoms with Crippen molar-refractivity contribution in [2.45, 2.75) is 59.4 Å². The molecule has 0 aromatic heterocycles. The summed E-state index contributed by atoms with van der Waals surface area (Å²) in [5, 5.41) is 2.91. The van der Waals surface area contributed by atoms with E-state index in [1.165, 1.54) is 0 Å². The molecule has 0 fully saturated rings. The van der Waals surface area contributed by atoms with Crippen LogP contribution < -0.4 is 5.32 Å². The number of nitrogens with one attached hydrogen (secondary N) is 1. The highest BCUT2D eigenvalue weighted by Crippen LogP contribution is 2.08. The molecule has 1 amide bonds. The molecule has 0 aliphatic carbocycles. The zero-order valence-electron chi connectivity index (χ0n) is 10.5. The normalized spacial score (nSPS) is 11.6. The number of carbonyl (C=O) groups excluding carboxylic acids is 2. The molecule has 0 bridgehead atoms. The highest BCUT2D eigenvalue weighted by atomic mass is 16.2. The van der Waals surface area contributed by atoms with Crippen LogP contribution in [0.15, 0.2) is 0 Å². The molecule has 3 nitrogen and oxygen atoms in total. The van der Waals surface area contributed by atoms with E-state index in [2.05, 4.69) is 5.32 Å². The second-order valence-electron chi connectivity index (χ2n) is 4.91. The molecular formula is C12H23NO2. The molecule has 0 aliphatic rings. The first-order chi connectivity index (χ1) is 6.78. The summed E-state index contributed by atoms with van der Waals surface area (Å²) in [4.78, 5) is 22.8. The Morgan fingerprint density at radius 2 is 1.73 bits per heavy atom. The number of ketones is 1. The van der Waals surface area contributed by atoms with Crippen molar-refractivity contribution >= 4 is 11.7 Å². The average Bonchev–Trinajstić information content (AvgIpc) is 2.13. The number of amides is 1. The number of Topliss-reactive ketones (excluding diaryl/α,β-unsaturated/α-hetero) is 1. The monoisotopic (exact) mass is 213 g/mol. The lowest BCUT2D eigenvalue weighted by atomic mass is 10.0. The Morgan fingerprint density at radius 1 is 1.20 bits per heavy atom. The minimum atomic E-state index is -0.169. The van der Waals surface area contributed by atoms with Crippen LogP contribution in [0, 0.1) is 5.92 Å². The summed E-state index contributed by atoms with van der Waals surface area (Å²) in [7, 11) is 0. The van der Waals surface area contributed by atoms with Gasteiger partial charge in [0.1, 0.15) is 5.78 Å². The molecular weight excluding hydrogens is 190 g/mol. The molecule has 0 spiro atoms. The van der Waals surface area contributed by atoms with Crippen molar-refractivity contribution in [3.05, 3.63) is 0 Å². The van der Waals surface area contributed by atoms with Crippen molar-refractivity contribution in [3.63, 3.8) is 0 Å². The van der Waals surface area contributed by atoms with Gasteiger partial charge in [-0.3, -0.25) is 9.59 Å². The van der Waals surface area contributed by atoms with E-state index in [9.17, 15) is 9.59 Å². The summed E-state index contributed by atoms with van der Waals surface area (Å²) < 4.78 is 0. The first kappa shape index (κ1) is 14.1. The number of carbonyl (C=O) groups is 2. The molecule has 88 valence electrons. The lowest BCUT2D eigenvalue weighted by molar-refractivity contribution is -0.127. The number of hydrogen-bond acceptors (Lipinski definition) is 2. The SMILES string of the molecule is CCC(C)(C)NC(=O)CCC(=O)C(C)C. The Morgan fingerprint density at radius 3 is 2.13 bits per heavy atom. The van der Waals surface area contributed by atoms with Crippen molar-refractivity contribution in [2.75, 3.05) is 0 Å². The van der Waals surface area contributed by atoms with Crippen LogP contribution in [0.3, 0.4) is 0 Å². The standard InChI is InChI=1S/C12H23NO2/c1-6-12(4,5)13-11(15)8-7-10(14)9(2)3/h9H,6-8H2,1-5H3,(H,13,15). The molecule has 3 heteroatoms. The van der Waals surface area contributed by atoms with Crippen LogP contribution in [-0.2, 0) is 9.59 Å². The molecule has 15 heavy (non-hydrogen) atoms. The van der Waals surface area contributed by atoms with Crippen molar-refractivity contribution in [1.29, 1.82) is 0 Å². The first-order valence-electron chi connectivity index (χ1n) is 5.62. The van der Waals surface area contributed by atoms with Gasteiger partial charge in [-0.15, -0.1) is 0 Å². The third kappa shape index (κ3) is 6.26. The van der Waals surface area contributed by atoms with Gasteiger partial charge in [-0.1, -0.05) is 20.8 Å². The molecule has 0 rings (SSSR count). The van der Waals surface area contributed by atoms with E-state index in [0.717, 1.165) is 6.42 Å².